The van der Waals surface area contributed by atoms with Crippen molar-refractivity contribution in [3.8, 4) is 0 Å². The second-order valence-corrected chi connectivity index (χ2v) is 14.4. The minimum absolute atomic E-state index is 0.0232. The lowest BCUT2D eigenvalue weighted by molar-refractivity contribution is -0.150. The summed E-state index contributed by atoms with van der Waals surface area (Å²) in [7, 11) is 0. The van der Waals surface area contributed by atoms with Gasteiger partial charge in [0.05, 0.1) is 0 Å². The van der Waals surface area contributed by atoms with Crippen molar-refractivity contribution in [2.45, 2.75) is 219 Å². The number of esters is 1. The van der Waals surface area contributed by atoms with Crippen molar-refractivity contribution in [3.05, 3.63) is 36.5 Å². The zero-order chi connectivity index (χ0) is 37.5. The highest BCUT2D eigenvalue weighted by Crippen LogP contribution is 2.18. The van der Waals surface area contributed by atoms with Crippen molar-refractivity contribution in [1.82, 2.24) is 5.32 Å². The van der Waals surface area contributed by atoms with Crippen LogP contribution in [0.1, 0.15) is 206 Å². The van der Waals surface area contributed by atoms with Gasteiger partial charge in [0.2, 0.25) is 5.91 Å². The van der Waals surface area contributed by atoms with Crippen LogP contribution in [-0.4, -0.2) is 41.6 Å². The molecule has 51 heavy (non-hydrogen) atoms. The number of nitrogens with two attached hydrogens (primary N) is 1. The van der Waals surface area contributed by atoms with Gasteiger partial charge in [-0.1, -0.05) is 134 Å². The summed E-state index contributed by atoms with van der Waals surface area (Å²) in [5, 5.41) is 11.9. The third kappa shape index (κ3) is 35.8. The molecule has 0 aliphatic heterocycles. The van der Waals surface area contributed by atoms with E-state index in [1.807, 2.05) is 0 Å². The van der Waals surface area contributed by atoms with E-state index >= 15 is 0 Å². The molecule has 0 radical (unpaired) electrons. The second kappa shape index (κ2) is 38.8. The Labute approximate surface area is 314 Å². The summed E-state index contributed by atoms with van der Waals surface area (Å²) in [6.45, 7) is 4.89. The van der Waals surface area contributed by atoms with E-state index in [9.17, 15) is 19.5 Å². The largest absolute Gasteiger partial charge is 0.480 e. The first-order valence-corrected chi connectivity index (χ1v) is 21.3. The lowest BCUT2D eigenvalue weighted by atomic mass is 10.0. The molecule has 0 aliphatic rings. The molecule has 7 heteroatoms. The Hall–Kier alpha value is -2.41. The summed E-state index contributed by atoms with van der Waals surface area (Å²) < 4.78 is 6.01. The fourth-order valence-corrected chi connectivity index (χ4v) is 6.17. The molecule has 2 atom stereocenters. The van der Waals surface area contributed by atoms with Gasteiger partial charge < -0.3 is 20.9 Å². The maximum absolute atomic E-state index is 12.8. The molecular weight excluding hydrogens is 636 g/mol. The van der Waals surface area contributed by atoms with Gasteiger partial charge in [-0.2, -0.15) is 0 Å². The number of carboxylic acid groups (broad SMARTS) is 1. The molecular formula is C44H80N2O5. The molecule has 0 aromatic carbocycles. The van der Waals surface area contributed by atoms with Gasteiger partial charge in [-0.05, 0) is 103 Å². The number of nitrogens with one attached hydrogen (secondary N) is 1. The molecule has 2 unspecified atom stereocenters. The van der Waals surface area contributed by atoms with Gasteiger partial charge in [-0.3, -0.25) is 9.59 Å². The SMILES string of the molecule is CCCC/C=C\C/C=C\CCCCCCCC(=O)OC(CCC/C=C\CCCCCCCC)CCCCCCCC(=O)NC(CCCN)C(=O)O. The number of unbranched alkanes of at least 4 members (excludes halogenated alkanes) is 18. The van der Waals surface area contributed by atoms with Crippen LogP contribution in [-0.2, 0) is 19.1 Å². The maximum Gasteiger partial charge on any atom is 0.326 e. The molecule has 0 spiro atoms. The fraction of sp³-hybridized carbons (Fsp3) is 0.795. The molecule has 0 heterocycles. The number of carbonyl (C=O) groups excluding carboxylic acids is 2. The molecule has 7 nitrogen and oxygen atoms in total. The van der Waals surface area contributed by atoms with Gasteiger partial charge >= 0.3 is 11.9 Å². The van der Waals surface area contributed by atoms with Crippen LogP contribution in [0.3, 0.4) is 0 Å². The highest BCUT2D eigenvalue weighted by atomic mass is 16.5. The highest BCUT2D eigenvalue weighted by Gasteiger charge is 2.19. The Morgan fingerprint density at radius 3 is 1.67 bits per heavy atom. The van der Waals surface area contributed by atoms with Gasteiger partial charge in [0.15, 0.2) is 0 Å². The number of carbonyl (C=O) groups is 3. The average Bonchev–Trinajstić information content (AvgIpc) is 3.11. The molecule has 0 fully saturated rings. The molecule has 4 N–H and O–H groups in total. The first-order valence-electron chi connectivity index (χ1n) is 21.3. The Morgan fingerprint density at radius 1 is 0.569 bits per heavy atom. The molecule has 1 amide bonds. The Kier molecular flexibility index (Phi) is 37.0. The van der Waals surface area contributed by atoms with Crippen LogP contribution in [0, 0.1) is 0 Å². The molecule has 0 saturated carbocycles. The normalized spacial score (nSPS) is 13.0. The molecule has 0 bridgehead atoms. The molecule has 0 aliphatic carbocycles. The van der Waals surface area contributed by atoms with Crippen LogP contribution >= 0.6 is 0 Å². The Bertz CT molecular complexity index is 900. The quantitative estimate of drug-likeness (QED) is 0.0332. The highest BCUT2D eigenvalue weighted by molar-refractivity contribution is 5.83. The number of rotatable bonds is 38. The zero-order valence-corrected chi connectivity index (χ0v) is 33.2. The van der Waals surface area contributed by atoms with E-state index in [4.69, 9.17) is 10.5 Å². The standard InChI is InChI=1S/C44H80N2O5/c1-3-5-7-9-11-13-15-16-17-19-21-23-28-32-38-43(48)51-40(34-29-25-22-20-18-14-12-10-8-6-4-2)35-30-26-24-27-31-37-42(47)46-41(44(49)50)36-33-39-45/h9,11,15-16,20,22,40-41H,3-8,10,12-14,17-19,21,23-39,45H2,1-2H3,(H,46,47)(H,49,50)/b11-9-,16-15-,22-20-. The van der Waals surface area contributed by atoms with E-state index in [0.29, 0.717) is 32.2 Å². The van der Waals surface area contributed by atoms with Crippen molar-refractivity contribution < 1.29 is 24.2 Å². The molecule has 0 aromatic rings. The lowest BCUT2D eigenvalue weighted by Crippen LogP contribution is -2.40. The first-order chi connectivity index (χ1) is 24.9. The second-order valence-electron chi connectivity index (χ2n) is 14.4. The number of carboxylic acids is 1. The maximum atomic E-state index is 12.8. The van der Waals surface area contributed by atoms with E-state index in [2.05, 4.69) is 55.6 Å². The van der Waals surface area contributed by atoms with Crippen LogP contribution < -0.4 is 11.1 Å². The van der Waals surface area contributed by atoms with E-state index in [0.717, 1.165) is 89.9 Å². The fourth-order valence-electron chi connectivity index (χ4n) is 6.17. The summed E-state index contributed by atoms with van der Waals surface area (Å²) in [6.07, 6.45) is 44.7. The average molecular weight is 717 g/mol. The van der Waals surface area contributed by atoms with Gasteiger partial charge in [0, 0.05) is 12.8 Å². The van der Waals surface area contributed by atoms with E-state index in [1.54, 1.807) is 0 Å². The predicted molar refractivity (Wildman–Crippen MR) is 216 cm³/mol. The number of hydrogen-bond acceptors (Lipinski definition) is 5. The van der Waals surface area contributed by atoms with Crippen molar-refractivity contribution in [3.63, 3.8) is 0 Å². The van der Waals surface area contributed by atoms with E-state index in [1.165, 1.54) is 77.0 Å². The third-order valence-corrected chi connectivity index (χ3v) is 9.43. The van der Waals surface area contributed by atoms with Gasteiger partial charge in [-0.15, -0.1) is 0 Å². The predicted octanol–water partition coefficient (Wildman–Crippen LogP) is 11.8. The third-order valence-electron chi connectivity index (χ3n) is 9.43. The van der Waals surface area contributed by atoms with Crippen molar-refractivity contribution in [1.29, 1.82) is 0 Å². The van der Waals surface area contributed by atoms with Crippen molar-refractivity contribution >= 4 is 17.8 Å². The van der Waals surface area contributed by atoms with E-state index < -0.39 is 12.0 Å². The monoisotopic (exact) mass is 717 g/mol. The van der Waals surface area contributed by atoms with Crippen LogP contribution in [0.2, 0.25) is 0 Å². The molecule has 0 rings (SSSR count). The van der Waals surface area contributed by atoms with Gasteiger partial charge in [0.1, 0.15) is 12.1 Å². The molecule has 0 aromatic heterocycles. The lowest BCUT2D eigenvalue weighted by Gasteiger charge is -2.18. The van der Waals surface area contributed by atoms with Crippen molar-refractivity contribution in [2.75, 3.05) is 6.54 Å². The number of aliphatic carboxylic acids is 1. The Morgan fingerprint density at radius 2 is 1.06 bits per heavy atom. The summed E-state index contributed by atoms with van der Waals surface area (Å²) >= 11 is 0. The Balaban J connectivity index is 4.37. The minimum atomic E-state index is -1.01. The van der Waals surface area contributed by atoms with Crippen LogP contribution in [0.25, 0.3) is 0 Å². The summed E-state index contributed by atoms with van der Waals surface area (Å²) in [4.78, 5) is 36.3. The first kappa shape index (κ1) is 48.6. The zero-order valence-electron chi connectivity index (χ0n) is 33.2. The van der Waals surface area contributed by atoms with E-state index in [-0.39, 0.29) is 18.0 Å². The van der Waals surface area contributed by atoms with Crippen LogP contribution in [0.15, 0.2) is 36.5 Å². The number of hydrogen-bond donors (Lipinski definition) is 3. The van der Waals surface area contributed by atoms with Crippen LogP contribution in [0.5, 0.6) is 0 Å². The molecule has 0 saturated heterocycles. The topological polar surface area (TPSA) is 119 Å². The number of amides is 1. The smallest absolute Gasteiger partial charge is 0.326 e. The number of ether oxygens (including phenoxy) is 1. The summed E-state index contributed by atoms with van der Waals surface area (Å²) in [6, 6.07) is -0.860. The minimum Gasteiger partial charge on any atom is -0.480 e. The van der Waals surface area contributed by atoms with Gasteiger partial charge in [0.25, 0.3) is 0 Å². The summed E-state index contributed by atoms with van der Waals surface area (Å²) in [5.41, 5.74) is 5.48. The van der Waals surface area contributed by atoms with Crippen LogP contribution in [0.4, 0.5) is 0 Å². The summed E-state index contributed by atoms with van der Waals surface area (Å²) in [5.74, 6) is -1.26. The van der Waals surface area contributed by atoms with Gasteiger partial charge in [-0.25, -0.2) is 4.79 Å². The van der Waals surface area contributed by atoms with Crippen molar-refractivity contribution in [2.24, 2.45) is 5.73 Å². The number of allylic oxidation sites excluding steroid dienone is 6. The molecule has 296 valence electrons.